The Labute approximate surface area is 193 Å². The van der Waals surface area contributed by atoms with Gasteiger partial charge in [0.05, 0.1) is 21.3 Å². The molecule has 0 aliphatic rings. The first-order chi connectivity index (χ1) is 15.2. The fraction of sp³-hybridized carbons (Fsp3) is 0.182. The molecule has 3 aromatic rings. The predicted molar refractivity (Wildman–Crippen MR) is 119 cm³/mol. The molecule has 0 radical (unpaired) electrons. The minimum atomic E-state index is -1.18. The van der Waals surface area contributed by atoms with E-state index in [0.717, 1.165) is 0 Å². The predicted octanol–water partition coefficient (Wildman–Crippen LogP) is 4.28. The van der Waals surface area contributed by atoms with Gasteiger partial charge < -0.3 is 20.3 Å². The Balaban J connectivity index is 1.68. The van der Waals surface area contributed by atoms with Crippen LogP contribution in [0.2, 0.25) is 10.0 Å². The van der Waals surface area contributed by atoms with Gasteiger partial charge in [-0.25, -0.2) is 4.79 Å². The van der Waals surface area contributed by atoms with Crippen LogP contribution in [0.1, 0.15) is 37.7 Å². The number of hydrogen-bond donors (Lipinski definition) is 3. The summed E-state index contributed by atoms with van der Waals surface area (Å²) in [6, 6.07) is 10.1. The van der Waals surface area contributed by atoms with Crippen molar-refractivity contribution < 1.29 is 24.0 Å². The van der Waals surface area contributed by atoms with Gasteiger partial charge in [-0.15, -0.1) is 0 Å². The molecule has 3 rings (SSSR count). The number of nitrogens with one attached hydrogen (secondary N) is 2. The molecule has 0 bridgehead atoms. The third-order valence-electron chi connectivity index (χ3n) is 4.71. The van der Waals surface area contributed by atoms with Gasteiger partial charge in [0.25, 0.3) is 11.8 Å². The highest BCUT2D eigenvalue weighted by molar-refractivity contribution is 6.40. The molecule has 0 spiro atoms. The van der Waals surface area contributed by atoms with E-state index in [2.05, 4.69) is 15.8 Å². The fourth-order valence-electron chi connectivity index (χ4n) is 3.11. The molecule has 32 heavy (non-hydrogen) atoms. The molecular weight excluding hydrogens is 457 g/mol. The fourth-order valence-corrected chi connectivity index (χ4v) is 3.67. The number of carbonyl (C=O) groups excluding carboxylic acids is 2. The van der Waals surface area contributed by atoms with Crippen molar-refractivity contribution in [2.24, 2.45) is 0 Å². The number of benzene rings is 2. The van der Waals surface area contributed by atoms with Gasteiger partial charge in [-0.1, -0.05) is 46.6 Å². The van der Waals surface area contributed by atoms with Gasteiger partial charge in [0, 0.05) is 12.1 Å². The molecule has 166 valence electrons. The highest BCUT2D eigenvalue weighted by Crippen LogP contribution is 2.25. The number of hydrogen-bond acceptors (Lipinski definition) is 5. The molecule has 1 heterocycles. The number of carboxylic acid groups (broad SMARTS) is 1. The molecule has 0 fully saturated rings. The Morgan fingerprint density at radius 3 is 2.16 bits per heavy atom. The highest BCUT2D eigenvalue weighted by atomic mass is 35.5. The van der Waals surface area contributed by atoms with Crippen LogP contribution in [0.25, 0.3) is 0 Å². The van der Waals surface area contributed by atoms with E-state index in [1.54, 1.807) is 56.3 Å². The van der Waals surface area contributed by atoms with E-state index in [1.807, 2.05) is 0 Å². The summed E-state index contributed by atoms with van der Waals surface area (Å²) in [7, 11) is 0. The maximum Gasteiger partial charge on any atom is 0.326 e. The lowest BCUT2D eigenvalue weighted by Crippen LogP contribution is -2.42. The molecule has 0 saturated heterocycles. The van der Waals surface area contributed by atoms with Crippen LogP contribution < -0.4 is 10.6 Å². The number of carboxylic acids is 1. The van der Waals surface area contributed by atoms with Crippen molar-refractivity contribution in [2.45, 2.75) is 26.3 Å². The normalized spacial score (nSPS) is 11.6. The van der Waals surface area contributed by atoms with Crippen molar-refractivity contribution >= 4 is 46.7 Å². The Bertz CT molecular complexity index is 1140. The summed E-state index contributed by atoms with van der Waals surface area (Å²) in [5, 5.41) is 18.9. The van der Waals surface area contributed by atoms with Crippen molar-refractivity contribution in [2.75, 3.05) is 5.32 Å². The Hall–Kier alpha value is -3.36. The molecule has 8 nitrogen and oxygen atoms in total. The molecule has 3 N–H and O–H groups in total. The van der Waals surface area contributed by atoms with Gasteiger partial charge in [0.2, 0.25) is 0 Å². The highest BCUT2D eigenvalue weighted by Gasteiger charge is 2.25. The van der Waals surface area contributed by atoms with E-state index in [0.29, 0.717) is 22.7 Å². The van der Waals surface area contributed by atoms with Crippen LogP contribution in [0.3, 0.4) is 0 Å². The van der Waals surface area contributed by atoms with Crippen LogP contribution in [0, 0.1) is 13.8 Å². The lowest BCUT2D eigenvalue weighted by atomic mass is 10.0. The topological polar surface area (TPSA) is 122 Å². The number of aliphatic carboxylic acids is 1. The molecular formula is C22H19Cl2N3O5. The zero-order valence-electron chi connectivity index (χ0n) is 17.1. The molecule has 2 amide bonds. The minimum absolute atomic E-state index is 0.0367. The van der Waals surface area contributed by atoms with Crippen molar-refractivity contribution in [3.63, 3.8) is 0 Å². The molecule has 0 unspecified atom stereocenters. The van der Waals surface area contributed by atoms with Crippen LogP contribution >= 0.6 is 23.2 Å². The first-order valence-electron chi connectivity index (χ1n) is 9.48. The van der Waals surface area contributed by atoms with E-state index in [9.17, 15) is 19.5 Å². The van der Waals surface area contributed by atoms with Crippen molar-refractivity contribution in [3.8, 4) is 0 Å². The molecule has 2 aromatic carbocycles. The number of carbonyl (C=O) groups is 3. The lowest BCUT2D eigenvalue weighted by Gasteiger charge is -2.15. The van der Waals surface area contributed by atoms with Crippen LogP contribution in [0.15, 0.2) is 47.0 Å². The third-order valence-corrected chi connectivity index (χ3v) is 5.34. The SMILES string of the molecule is Cc1noc(C)c1C(=O)N[C@@H](Cc1ccc(NC(=O)c2c(Cl)cccc2Cl)cc1)C(=O)O. The van der Waals surface area contributed by atoms with Crippen LogP contribution in [-0.4, -0.2) is 34.1 Å². The van der Waals surface area contributed by atoms with Crippen molar-refractivity contribution in [1.82, 2.24) is 10.5 Å². The van der Waals surface area contributed by atoms with E-state index >= 15 is 0 Å². The van der Waals surface area contributed by atoms with Gasteiger partial charge in [-0.3, -0.25) is 9.59 Å². The smallest absolute Gasteiger partial charge is 0.326 e. The second kappa shape index (κ2) is 9.84. The summed E-state index contributed by atoms with van der Waals surface area (Å²) >= 11 is 12.1. The summed E-state index contributed by atoms with van der Waals surface area (Å²) in [6.07, 6.45) is 0.0367. The molecule has 1 atom stereocenters. The van der Waals surface area contributed by atoms with Crippen LogP contribution in [0.4, 0.5) is 5.69 Å². The summed E-state index contributed by atoms with van der Waals surface area (Å²) in [6.45, 7) is 3.18. The van der Waals surface area contributed by atoms with Gasteiger partial charge in [0.15, 0.2) is 0 Å². The van der Waals surface area contributed by atoms with E-state index < -0.39 is 23.8 Å². The first-order valence-corrected chi connectivity index (χ1v) is 10.2. The second-order valence-electron chi connectivity index (χ2n) is 7.02. The van der Waals surface area contributed by atoms with Gasteiger partial charge in [-0.2, -0.15) is 0 Å². The molecule has 0 saturated carbocycles. The number of amides is 2. The molecule has 1 aromatic heterocycles. The Morgan fingerprint density at radius 1 is 1.00 bits per heavy atom. The maximum absolute atomic E-state index is 12.5. The lowest BCUT2D eigenvalue weighted by molar-refractivity contribution is -0.139. The summed E-state index contributed by atoms with van der Waals surface area (Å²) in [5.74, 6) is -1.92. The summed E-state index contributed by atoms with van der Waals surface area (Å²) < 4.78 is 4.96. The Morgan fingerprint density at radius 2 is 1.62 bits per heavy atom. The number of aromatic nitrogens is 1. The number of nitrogens with zero attached hydrogens (tertiary/aromatic N) is 1. The van der Waals surface area contributed by atoms with Gasteiger partial charge in [0.1, 0.15) is 17.4 Å². The van der Waals surface area contributed by atoms with Crippen LogP contribution in [0.5, 0.6) is 0 Å². The van der Waals surface area contributed by atoms with E-state index in [4.69, 9.17) is 27.7 Å². The maximum atomic E-state index is 12.5. The number of rotatable bonds is 7. The third kappa shape index (κ3) is 5.27. The van der Waals surface area contributed by atoms with Gasteiger partial charge >= 0.3 is 5.97 Å². The zero-order chi connectivity index (χ0) is 23.4. The van der Waals surface area contributed by atoms with Crippen molar-refractivity contribution in [3.05, 3.63) is 80.7 Å². The summed E-state index contributed by atoms with van der Waals surface area (Å²) in [5.41, 5.74) is 1.87. The average Bonchev–Trinajstić information content (AvgIpc) is 3.06. The standard InChI is InChI=1S/C22H19Cl2N3O5/c1-11-18(12(2)32-27-11)20(28)26-17(22(30)31)10-13-6-8-14(9-7-13)25-21(29)19-15(23)4-3-5-16(19)24/h3-9,17H,10H2,1-2H3,(H,25,29)(H,26,28)(H,30,31)/t17-/m0/s1. The largest absolute Gasteiger partial charge is 0.480 e. The number of halogens is 2. The second-order valence-corrected chi connectivity index (χ2v) is 7.83. The van der Waals surface area contributed by atoms with Gasteiger partial charge in [-0.05, 0) is 43.7 Å². The Kier molecular flexibility index (Phi) is 7.17. The van der Waals surface area contributed by atoms with E-state index in [1.165, 1.54) is 0 Å². The van der Waals surface area contributed by atoms with E-state index in [-0.39, 0.29) is 27.6 Å². The number of aryl methyl sites for hydroxylation is 2. The quantitative estimate of drug-likeness (QED) is 0.468. The molecule has 0 aliphatic heterocycles. The number of anilines is 1. The molecule has 10 heteroatoms. The molecule has 0 aliphatic carbocycles. The van der Waals surface area contributed by atoms with Crippen molar-refractivity contribution in [1.29, 1.82) is 0 Å². The average molecular weight is 476 g/mol. The monoisotopic (exact) mass is 475 g/mol. The first kappa shape index (κ1) is 23.3. The summed E-state index contributed by atoms with van der Waals surface area (Å²) in [4.78, 5) is 36.6. The van der Waals surface area contributed by atoms with Crippen LogP contribution in [-0.2, 0) is 11.2 Å². The minimum Gasteiger partial charge on any atom is -0.480 e. The zero-order valence-corrected chi connectivity index (χ0v) is 18.6.